The first kappa shape index (κ1) is 15.6. The first-order valence-electron chi connectivity index (χ1n) is 6.79. The van der Waals surface area contributed by atoms with Crippen LogP contribution in [0.15, 0.2) is 53.4 Å². The summed E-state index contributed by atoms with van der Waals surface area (Å²) in [5, 5.41) is 10.6. The minimum absolute atomic E-state index is 0.0526. The summed E-state index contributed by atoms with van der Waals surface area (Å²) in [6, 6.07) is 10.7. The molecule has 0 aliphatic carbocycles. The van der Waals surface area contributed by atoms with Gasteiger partial charge in [0.15, 0.2) is 0 Å². The monoisotopic (exact) mass is 336 g/mol. The number of rotatable bonds is 4. The van der Waals surface area contributed by atoms with Crippen molar-refractivity contribution in [2.24, 2.45) is 0 Å². The number of nitro groups is 1. The molecule has 2 aromatic carbocycles. The molecule has 6 nitrogen and oxygen atoms in total. The van der Waals surface area contributed by atoms with Crippen LogP contribution in [-0.2, 0) is 15.6 Å². The minimum Gasteiger partial charge on any atom is -0.258 e. The summed E-state index contributed by atoms with van der Waals surface area (Å²) in [6.07, 6.45) is 0. The number of sulfonamides is 1. The van der Waals surface area contributed by atoms with Crippen molar-refractivity contribution in [3.8, 4) is 0 Å². The van der Waals surface area contributed by atoms with Gasteiger partial charge < -0.3 is 0 Å². The Morgan fingerprint density at radius 1 is 1.17 bits per heavy atom. The summed E-state index contributed by atoms with van der Waals surface area (Å²) in [4.78, 5) is 9.99. The van der Waals surface area contributed by atoms with E-state index in [0.717, 1.165) is 12.1 Å². The quantitative estimate of drug-likeness (QED) is 0.488. The number of hydrogen-bond donors (Lipinski definition) is 0. The summed E-state index contributed by atoms with van der Waals surface area (Å²) in [5.41, 5.74) is -0.816. The highest BCUT2D eigenvalue weighted by molar-refractivity contribution is 7.89. The van der Waals surface area contributed by atoms with E-state index in [4.69, 9.17) is 0 Å². The molecule has 1 fully saturated rings. The van der Waals surface area contributed by atoms with E-state index in [1.54, 1.807) is 25.1 Å². The Morgan fingerprint density at radius 2 is 1.78 bits per heavy atom. The van der Waals surface area contributed by atoms with Crippen LogP contribution in [0, 0.1) is 15.9 Å². The van der Waals surface area contributed by atoms with Crippen LogP contribution in [0.4, 0.5) is 10.1 Å². The third-order valence-electron chi connectivity index (χ3n) is 3.99. The Labute approximate surface area is 132 Å². The molecule has 1 aliphatic rings. The molecule has 3 rings (SSSR count). The van der Waals surface area contributed by atoms with E-state index >= 15 is 0 Å². The molecule has 2 atom stereocenters. The largest absolute Gasteiger partial charge is 0.269 e. The molecule has 2 aromatic rings. The van der Waals surface area contributed by atoms with Crippen molar-refractivity contribution in [1.82, 2.24) is 4.31 Å². The average Bonchev–Trinajstić information content (AvgIpc) is 3.22. The van der Waals surface area contributed by atoms with E-state index in [2.05, 4.69) is 0 Å². The number of nitro benzene ring substituents is 1. The third kappa shape index (κ3) is 2.49. The van der Waals surface area contributed by atoms with E-state index in [1.165, 1.54) is 22.5 Å². The first-order chi connectivity index (χ1) is 10.8. The maximum atomic E-state index is 13.9. The molecule has 1 aliphatic heterocycles. The van der Waals surface area contributed by atoms with Crippen molar-refractivity contribution in [3.05, 3.63) is 70.0 Å². The van der Waals surface area contributed by atoms with Crippen LogP contribution in [0.1, 0.15) is 12.5 Å². The van der Waals surface area contributed by atoms with Crippen LogP contribution in [0.5, 0.6) is 0 Å². The Bertz CT molecular complexity index is 883. The van der Waals surface area contributed by atoms with Gasteiger partial charge in [0, 0.05) is 24.2 Å². The van der Waals surface area contributed by atoms with Gasteiger partial charge in [0.1, 0.15) is 5.82 Å². The topological polar surface area (TPSA) is 80.3 Å². The van der Waals surface area contributed by atoms with Gasteiger partial charge in [-0.1, -0.05) is 18.2 Å². The lowest BCUT2D eigenvalue weighted by Crippen LogP contribution is -2.20. The van der Waals surface area contributed by atoms with Gasteiger partial charge in [0.05, 0.1) is 15.4 Å². The highest BCUT2D eigenvalue weighted by Gasteiger charge is 2.57. The maximum absolute atomic E-state index is 13.9. The first-order valence-corrected chi connectivity index (χ1v) is 8.23. The Morgan fingerprint density at radius 3 is 2.35 bits per heavy atom. The van der Waals surface area contributed by atoms with Crippen molar-refractivity contribution in [3.63, 3.8) is 0 Å². The lowest BCUT2D eigenvalue weighted by molar-refractivity contribution is -0.384. The molecule has 23 heavy (non-hydrogen) atoms. The Balaban J connectivity index is 1.93. The summed E-state index contributed by atoms with van der Waals surface area (Å²) in [7, 11) is -3.84. The molecule has 2 unspecified atom stereocenters. The van der Waals surface area contributed by atoms with E-state index in [-0.39, 0.29) is 17.1 Å². The van der Waals surface area contributed by atoms with Crippen LogP contribution in [-0.4, -0.2) is 24.2 Å². The standard InChI is InChI=1S/C15H13FN2O4S/c1-15(13-4-2-3-5-14(13)16)10-17(15)23(21,22)12-8-6-11(7-9-12)18(19)20/h2-9H,10H2,1H3. The van der Waals surface area contributed by atoms with E-state index in [1.807, 2.05) is 0 Å². The lowest BCUT2D eigenvalue weighted by Gasteiger charge is -2.14. The summed E-state index contributed by atoms with van der Waals surface area (Å²) in [6.45, 7) is 1.81. The van der Waals surface area contributed by atoms with Gasteiger partial charge in [-0.15, -0.1) is 0 Å². The van der Waals surface area contributed by atoms with Crippen molar-refractivity contribution >= 4 is 15.7 Å². The fourth-order valence-electron chi connectivity index (χ4n) is 2.58. The number of benzene rings is 2. The smallest absolute Gasteiger partial charge is 0.258 e. The number of non-ortho nitro benzene ring substituents is 1. The fourth-order valence-corrected chi connectivity index (χ4v) is 4.36. The molecule has 0 spiro atoms. The van der Waals surface area contributed by atoms with Crippen LogP contribution < -0.4 is 0 Å². The van der Waals surface area contributed by atoms with E-state index < -0.39 is 26.3 Å². The van der Waals surface area contributed by atoms with Gasteiger partial charge in [-0.25, -0.2) is 12.8 Å². The van der Waals surface area contributed by atoms with Gasteiger partial charge in [-0.05, 0) is 25.1 Å². The molecule has 0 bridgehead atoms. The molecule has 0 N–H and O–H groups in total. The summed E-state index contributed by atoms with van der Waals surface area (Å²) >= 11 is 0. The average molecular weight is 336 g/mol. The second-order valence-corrected chi connectivity index (χ2v) is 7.38. The van der Waals surface area contributed by atoms with Crippen LogP contribution >= 0.6 is 0 Å². The molecule has 1 heterocycles. The molecular formula is C15H13FN2O4S. The molecule has 0 radical (unpaired) electrons. The van der Waals surface area contributed by atoms with Gasteiger partial charge in [-0.2, -0.15) is 4.31 Å². The van der Waals surface area contributed by atoms with Gasteiger partial charge in [0.25, 0.3) is 5.69 Å². The van der Waals surface area contributed by atoms with Crippen LogP contribution in [0.2, 0.25) is 0 Å². The SMILES string of the molecule is CC1(c2ccccc2F)CN1S(=O)(=O)c1ccc([N+](=O)[O-])cc1. The normalized spacial score (nSPS) is 23.5. The molecule has 120 valence electrons. The molecule has 0 amide bonds. The zero-order valence-electron chi connectivity index (χ0n) is 12.1. The maximum Gasteiger partial charge on any atom is 0.269 e. The second-order valence-electron chi connectivity index (χ2n) is 5.52. The van der Waals surface area contributed by atoms with Gasteiger partial charge >= 0.3 is 0 Å². The predicted octanol–water partition coefficient (Wildman–Crippen LogP) is 2.65. The molecule has 0 saturated carbocycles. The molecule has 1 saturated heterocycles. The van der Waals surface area contributed by atoms with Crippen LogP contribution in [0.3, 0.4) is 0 Å². The molecular weight excluding hydrogens is 323 g/mol. The third-order valence-corrected chi connectivity index (χ3v) is 5.97. The zero-order valence-corrected chi connectivity index (χ0v) is 13.0. The van der Waals surface area contributed by atoms with Crippen molar-refractivity contribution in [2.45, 2.75) is 17.4 Å². The van der Waals surface area contributed by atoms with Crippen molar-refractivity contribution < 1.29 is 17.7 Å². The highest BCUT2D eigenvalue weighted by Crippen LogP contribution is 2.47. The Kier molecular flexibility index (Phi) is 3.46. The zero-order chi connectivity index (χ0) is 16.8. The van der Waals surface area contributed by atoms with Gasteiger partial charge in [0.2, 0.25) is 10.0 Å². The van der Waals surface area contributed by atoms with Gasteiger partial charge in [-0.3, -0.25) is 10.1 Å². The summed E-state index contributed by atoms with van der Waals surface area (Å²) in [5.74, 6) is -0.462. The molecule has 0 aromatic heterocycles. The van der Waals surface area contributed by atoms with E-state index in [0.29, 0.717) is 5.56 Å². The lowest BCUT2D eigenvalue weighted by atomic mass is 10.0. The predicted molar refractivity (Wildman–Crippen MR) is 80.7 cm³/mol. The number of hydrogen-bond acceptors (Lipinski definition) is 4. The molecule has 8 heteroatoms. The summed E-state index contributed by atoms with van der Waals surface area (Å²) < 4.78 is 40.3. The van der Waals surface area contributed by atoms with Crippen molar-refractivity contribution in [2.75, 3.05) is 6.54 Å². The van der Waals surface area contributed by atoms with Crippen LogP contribution in [0.25, 0.3) is 0 Å². The van der Waals surface area contributed by atoms with Crippen molar-refractivity contribution in [1.29, 1.82) is 0 Å². The fraction of sp³-hybridized carbons (Fsp3) is 0.200. The second kappa shape index (κ2) is 5.10. The minimum atomic E-state index is -3.84. The Hall–Kier alpha value is -2.32. The van der Waals surface area contributed by atoms with E-state index in [9.17, 15) is 22.9 Å². The number of nitrogens with zero attached hydrogens (tertiary/aromatic N) is 2. The number of halogens is 1. The highest BCUT2D eigenvalue weighted by atomic mass is 32.2.